The van der Waals surface area contributed by atoms with Crippen LogP contribution in [0.4, 0.5) is 4.79 Å². The van der Waals surface area contributed by atoms with Crippen molar-refractivity contribution in [2.75, 3.05) is 12.8 Å². The van der Waals surface area contributed by atoms with Gasteiger partial charge in [0.25, 0.3) is 5.91 Å². The quantitative estimate of drug-likeness (QED) is 0.639. The molecule has 1 saturated heterocycles. The van der Waals surface area contributed by atoms with E-state index in [1.165, 1.54) is 31.2 Å². The van der Waals surface area contributed by atoms with Gasteiger partial charge in [-0.1, -0.05) is 35.9 Å². The Balaban J connectivity index is 1.72. The topological polar surface area (TPSA) is 113 Å². The molecule has 3 rings (SSSR count). The first-order valence-corrected chi connectivity index (χ1v) is 11.7. The van der Waals surface area contributed by atoms with Gasteiger partial charge in [-0.3, -0.25) is 14.5 Å². The van der Waals surface area contributed by atoms with Crippen LogP contribution in [0.15, 0.2) is 53.4 Å². The van der Waals surface area contributed by atoms with Gasteiger partial charge in [0.2, 0.25) is 5.91 Å². The number of urea groups is 1. The second-order valence-corrected chi connectivity index (χ2v) is 10.0. The average Bonchev–Trinajstić information content (AvgIpc) is 2.92. The number of rotatable bonds is 6. The second kappa shape index (κ2) is 8.32. The summed E-state index contributed by atoms with van der Waals surface area (Å²) in [6.07, 6.45) is 1.08. The van der Waals surface area contributed by atoms with Crippen LogP contribution in [0, 0.1) is 0 Å². The molecule has 1 fully saturated rings. The molecule has 0 bridgehead atoms. The fourth-order valence-corrected chi connectivity index (χ4v) is 4.09. The molecule has 1 heterocycles. The number of amides is 4. The Bertz CT molecular complexity index is 1130. The van der Waals surface area contributed by atoms with Gasteiger partial charge >= 0.3 is 6.03 Å². The zero-order valence-electron chi connectivity index (χ0n) is 17.2. The number of benzene rings is 2. The van der Waals surface area contributed by atoms with E-state index in [1.54, 1.807) is 31.2 Å². The molecule has 2 atom stereocenters. The van der Waals surface area contributed by atoms with Crippen molar-refractivity contribution >= 4 is 39.3 Å². The lowest BCUT2D eigenvalue weighted by Gasteiger charge is -2.22. The molecule has 2 aromatic carbocycles. The predicted octanol–water partition coefficient (Wildman–Crippen LogP) is 2.39. The Labute approximate surface area is 185 Å². The molecule has 0 saturated carbocycles. The van der Waals surface area contributed by atoms with E-state index < -0.39 is 39.8 Å². The van der Waals surface area contributed by atoms with Crippen molar-refractivity contribution in [3.8, 4) is 0 Å². The fourth-order valence-electron chi connectivity index (χ4n) is 3.34. The van der Waals surface area contributed by atoms with Crippen molar-refractivity contribution in [2.45, 2.75) is 30.3 Å². The summed E-state index contributed by atoms with van der Waals surface area (Å²) >= 11 is 5.87. The van der Waals surface area contributed by atoms with E-state index in [-0.39, 0.29) is 10.9 Å². The van der Waals surface area contributed by atoms with Gasteiger partial charge in [0.05, 0.1) is 10.9 Å². The molecule has 0 radical (unpaired) electrons. The summed E-state index contributed by atoms with van der Waals surface area (Å²) in [5, 5.41) is 5.92. The van der Waals surface area contributed by atoms with E-state index in [4.69, 9.17) is 11.6 Å². The third-order valence-corrected chi connectivity index (χ3v) is 6.56. The predicted molar refractivity (Wildman–Crippen MR) is 115 cm³/mol. The number of hydrogen-bond acceptors (Lipinski definition) is 5. The van der Waals surface area contributed by atoms with Gasteiger partial charge in [0, 0.05) is 11.3 Å². The van der Waals surface area contributed by atoms with Gasteiger partial charge in [-0.05, 0) is 49.2 Å². The maximum Gasteiger partial charge on any atom is 0.325 e. The van der Waals surface area contributed by atoms with Gasteiger partial charge in [-0.25, -0.2) is 13.2 Å². The third-order valence-electron chi connectivity index (χ3n) is 5.18. The van der Waals surface area contributed by atoms with Crippen LogP contribution in [-0.4, -0.2) is 44.0 Å². The molecule has 31 heavy (non-hydrogen) atoms. The van der Waals surface area contributed by atoms with Crippen molar-refractivity contribution in [1.82, 2.24) is 15.5 Å². The number of halogens is 1. The van der Waals surface area contributed by atoms with Crippen LogP contribution in [0.1, 0.15) is 31.0 Å². The minimum Gasteiger partial charge on any atom is -0.348 e. The van der Waals surface area contributed by atoms with Crippen molar-refractivity contribution in [3.05, 3.63) is 64.7 Å². The third kappa shape index (κ3) is 4.72. The van der Waals surface area contributed by atoms with E-state index in [0.29, 0.717) is 10.6 Å². The molecular formula is C21H22ClN3O5S. The van der Waals surface area contributed by atoms with Gasteiger partial charge in [0.1, 0.15) is 12.1 Å². The van der Waals surface area contributed by atoms with Gasteiger partial charge in [-0.15, -0.1) is 0 Å². The van der Waals surface area contributed by atoms with Crippen molar-refractivity contribution in [1.29, 1.82) is 0 Å². The highest BCUT2D eigenvalue weighted by atomic mass is 35.5. The van der Waals surface area contributed by atoms with Crippen molar-refractivity contribution in [2.24, 2.45) is 0 Å². The van der Waals surface area contributed by atoms with Crippen LogP contribution in [0.3, 0.4) is 0 Å². The molecule has 10 heteroatoms. The number of imide groups is 1. The zero-order chi connectivity index (χ0) is 23.0. The highest BCUT2D eigenvalue weighted by molar-refractivity contribution is 7.90. The first-order chi connectivity index (χ1) is 14.4. The molecular weight excluding hydrogens is 442 g/mol. The van der Waals surface area contributed by atoms with Crippen LogP contribution < -0.4 is 10.6 Å². The van der Waals surface area contributed by atoms with Gasteiger partial charge in [-0.2, -0.15) is 0 Å². The van der Waals surface area contributed by atoms with Gasteiger partial charge in [0.15, 0.2) is 9.84 Å². The van der Waals surface area contributed by atoms with Crippen LogP contribution >= 0.6 is 11.6 Å². The van der Waals surface area contributed by atoms with Crippen molar-refractivity contribution < 1.29 is 22.8 Å². The van der Waals surface area contributed by atoms with E-state index in [9.17, 15) is 22.8 Å². The normalized spacial score (nSPS) is 19.8. The summed E-state index contributed by atoms with van der Waals surface area (Å²) in [6, 6.07) is 11.6. The summed E-state index contributed by atoms with van der Waals surface area (Å²) in [4.78, 5) is 38.8. The smallest absolute Gasteiger partial charge is 0.325 e. The van der Waals surface area contributed by atoms with E-state index >= 15 is 0 Å². The maximum atomic E-state index is 13.0. The first-order valence-electron chi connectivity index (χ1n) is 9.41. The molecule has 164 valence electrons. The Morgan fingerprint density at radius 3 is 2.26 bits per heavy atom. The molecule has 8 nitrogen and oxygen atoms in total. The van der Waals surface area contributed by atoms with Gasteiger partial charge < -0.3 is 10.6 Å². The van der Waals surface area contributed by atoms with Crippen LogP contribution in [-0.2, 0) is 25.0 Å². The molecule has 0 spiro atoms. The Morgan fingerprint density at radius 2 is 1.71 bits per heavy atom. The minimum atomic E-state index is -3.39. The van der Waals surface area contributed by atoms with E-state index in [2.05, 4.69) is 10.6 Å². The lowest BCUT2D eigenvalue weighted by atomic mass is 9.92. The largest absolute Gasteiger partial charge is 0.348 e. The molecule has 0 aliphatic carbocycles. The number of sulfone groups is 1. The zero-order valence-corrected chi connectivity index (χ0v) is 18.8. The fraction of sp³-hybridized carbons (Fsp3) is 0.286. The number of nitrogens with zero attached hydrogens (tertiary/aromatic N) is 1. The number of carbonyl (C=O) groups is 3. The summed E-state index contributed by atoms with van der Waals surface area (Å²) in [7, 11) is -3.39. The first kappa shape index (κ1) is 22.8. The lowest BCUT2D eigenvalue weighted by molar-refractivity contribution is -0.135. The van der Waals surface area contributed by atoms with E-state index in [1.807, 2.05) is 0 Å². The lowest BCUT2D eigenvalue weighted by Crippen LogP contribution is -2.43. The van der Waals surface area contributed by atoms with Crippen molar-refractivity contribution in [3.63, 3.8) is 0 Å². The molecule has 1 aliphatic rings. The number of nitrogens with one attached hydrogen (secondary N) is 2. The highest BCUT2D eigenvalue weighted by Gasteiger charge is 2.49. The number of hydrogen-bond donors (Lipinski definition) is 2. The SMILES string of the molecule is CC(NC(=O)CN1C(=O)NC(C)(c2ccc(S(C)(=O)=O)cc2)C1=O)c1ccc(Cl)cc1. The van der Waals surface area contributed by atoms with Crippen LogP contribution in [0.2, 0.25) is 5.02 Å². The highest BCUT2D eigenvalue weighted by Crippen LogP contribution is 2.29. The molecule has 2 unspecified atom stereocenters. The Morgan fingerprint density at radius 1 is 1.13 bits per heavy atom. The Hall–Kier alpha value is -2.91. The number of carbonyl (C=O) groups excluding carboxylic acids is 3. The average molecular weight is 464 g/mol. The molecule has 0 aromatic heterocycles. The van der Waals surface area contributed by atoms with Crippen LogP contribution in [0.5, 0.6) is 0 Å². The molecule has 1 aliphatic heterocycles. The second-order valence-electron chi connectivity index (χ2n) is 7.58. The molecule has 4 amide bonds. The summed E-state index contributed by atoms with van der Waals surface area (Å²) in [5.41, 5.74) is -0.170. The standard InChI is InChI=1S/C21H22ClN3O5S/c1-13(14-4-8-16(22)9-5-14)23-18(26)12-25-19(27)21(2,24-20(25)28)15-6-10-17(11-7-15)31(3,29)30/h4-11,13H,12H2,1-3H3,(H,23,26)(H,24,28). The summed E-state index contributed by atoms with van der Waals surface area (Å²) < 4.78 is 23.3. The molecule has 2 aromatic rings. The maximum absolute atomic E-state index is 13.0. The van der Waals surface area contributed by atoms with Crippen LogP contribution in [0.25, 0.3) is 0 Å². The monoisotopic (exact) mass is 463 g/mol. The minimum absolute atomic E-state index is 0.101. The summed E-state index contributed by atoms with van der Waals surface area (Å²) in [5.74, 6) is -1.10. The summed E-state index contributed by atoms with van der Waals surface area (Å²) in [6.45, 7) is 2.84. The Kier molecular flexibility index (Phi) is 6.11. The molecule has 2 N–H and O–H groups in total. The van der Waals surface area contributed by atoms with E-state index in [0.717, 1.165) is 16.7 Å².